The molecular weight excluding hydrogens is 284 g/mol. The molecule has 0 radical (unpaired) electrons. The Bertz CT molecular complexity index is 250. The van der Waals surface area contributed by atoms with Crippen LogP contribution in [0.2, 0.25) is 0 Å². The van der Waals surface area contributed by atoms with Crippen LogP contribution >= 0.6 is 31.9 Å². The zero-order chi connectivity index (χ0) is 8.97. The minimum absolute atomic E-state index is 0.208. The zero-order valence-electron chi connectivity index (χ0n) is 6.76. The number of hydrogen-bond donors (Lipinski definition) is 0. The summed E-state index contributed by atoms with van der Waals surface area (Å²) < 4.78 is 6.61. The molecule has 1 nitrogen and oxygen atoms in total. The summed E-state index contributed by atoms with van der Waals surface area (Å²) in [5.41, 5.74) is 0. The lowest BCUT2D eigenvalue weighted by atomic mass is 10.3. The van der Waals surface area contributed by atoms with Gasteiger partial charge < -0.3 is 4.74 Å². The van der Waals surface area contributed by atoms with Gasteiger partial charge in [0.15, 0.2) is 0 Å². The molecule has 0 saturated heterocycles. The van der Waals surface area contributed by atoms with E-state index in [1.54, 1.807) is 0 Å². The standard InChI is InChI=1S/C9H10Br2O/c1-7(6-10)12-9-4-2-3-8(11)5-9/h2-5,7H,6H2,1H3/t7-/m1/s1. The van der Waals surface area contributed by atoms with Crippen LogP contribution in [-0.2, 0) is 0 Å². The number of alkyl halides is 1. The molecule has 66 valence electrons. The van der Waals surface area contributed by atoms with E-state index in [1.807, 2.05) is 31.2 Å². The molecule has 1 atom stereocenters. The van der Waals surface area contributed by atoms with Crippen molar-refractivity contribution in [1.29, 1.82) is 0 Å². The van der Waals surface area contributed by atoms with Gasteiger partial charge in [-0.1, -0.05) is 37.9 Å². The molecule has 1 aromatic rings. The summed E-state index contributed by atoms with van der Waals surface area (Å²) in [7, 11) is 0. The van der Waals surface area contributed by atoms with Crippen molar-refractivity contribution in [2.24, 2.45) is 0 Å². The van der Waals surface area contributed by atoms with Gasteiger partial charge >= 0.3 is 0 Å². The first-order valence-electron chi connectivity index (χ1n) is 3.70. The number of ether oxygens (including phenoxy) is 1. The third-order valence-corrected chi connectivity index (χ3v) is 2.76. The summed E-state index contributed by atoms with van der Waals surface area (Å²) in [4.78, 5) is 0. The molecule has 0 aliphatic heterocycles. The van der Waals surface area contributed by atoms with E-state index in [9.17, 15) is 0 Å². The van der Waals surface area contributed by atoms with E-state index in [0.29, 0.717) is 0 Å². The average Bonchev–Trinajstić information content (AvgIpc) is 2.04. The fourth-order valence-electron chi connectivity index (χ4n) is 0.804. The molecule has 1 aromatic carbocycles. The Balaban J connectivity index is 2.63. The molecule has 0 fully saturated rings. The smallest absolute Gasteiger partial charge is 0.120 e. The summed E-state index contributed by atoms with van der Waals surface area (Å²) in [6.45, 7) is 2.02. The monoisotopic (exact) mass is 292 g/mol. The molecule has 0 N–H and O–H groups in total. The van der Waals surface area contributed by atoms with Crippen LogP contribution in [0.1, 0.15) is 6.92 Å². The van der Waals surface area contributed by atoms with Gasteiger partial charge in [0, 0.05) is 9.80 Å². The van der Waals surface area contributed by atoms with Crippen molar-refractivity contribution in [3.63, 3.8) is 0 Å². The first-order valence-corrected chi connectivity index (χ1v) is 5.62. The van der Waals surface area contributed by atoms with E-state index in [2.05, 4.69) is 31.9 Å². The predicted molar refractivity (Wildman–Crippen MR) is 58.0 cm³/mol. The van der Waals surface area contributed by atoms with Gasteiger partial charge in [-0.3, -0.25) is 0 Å². The molecule has 1 rings (SSSR count). The highest BCUT2D eigenvalue weighted by molar-refractivity contribution is 9.10. The van der Waals surface area contributed by atoms with Crippen molar-refractivity contribution in [3.05, 3.63) is 28.7 Å². The summed E-state index contributed by atoms with van der Waals surface area (Å²) in [6, 6.07) is 7.84. The van der Waals surface area contributed by atoms with Crippen LogP contribution in [0, 0.1) is 0 Å². The predicted octanol–water partition coefficient (Wildman–Crippen LogP) is 3.61. The van der Waals surface area contributed by atoms with Gasteiger partial charge in [-0.2, -0.15) is 0 Å². The molecule has 0 aliphatic rings. The fraction of sp³-hybridized carbons (Fsp3) is 0.333. The van der Waals surface area contributed by atoms with Crippen molar-refractivity contribution >= 4 is 31.9 Å². The number of halogens is 2. The lowest BCUT2D eigenvalue weighted by Crippen LogP contribution is -2.12. The first-order chi connectivity index (χ1) is 5.72. The minimum Gasteiger partial charge on any atom is -0.490 e. The number of rotatable bonds is 3. The highest BCUT2D eigenvalue weighted by Gasteiger charge is 2.00. The zero-order valence-corrected chi connectivity index (χ0v) is 9.93. The summed E-state index contributed by atoms with van der Waals surface area (Å²) in [5.74, 6) is 0.899. The van der Waals surface area contributed by atoms with Crippen LogP contribution in [0.15, 0.2) is 28.7 Å². The van der Waals surface area contributed by atoms with Crippen LogP contribution < -0.4 is 4.74 Å². The molecule has 0 unspecified atom stereocenters. The molecule has 3 heteroatoms. The molecule has 12 heavy (non-hydrogen) atoms. The maximum atomic E-state index is 5.57. The second-order valence-corrected chi connectivity index (χ2v) is 4.10. The van der Waals surface area contributed by atoms with E-state index in [4.69, 9.17) is 4.74 Å². The largest absolute Gasteiger partial charge is 0.490 e. The summed E-state index contributed by atoms with van der Waals surface area (Å²) >= 11 is 6.74. The van der Waals surface area contributed by atoms with Gasteiger partial charge in [-0.05, 0) is 25.1 Å². The Morgan fingerprint density at radius 1 is 1.50 bits per heavy atom. The van der Waals surface area contributed by atoms with E-state index >= 15 is 0 Å². The topological polar surface area (TPSA) is 9.23 Å². The molecule has 0 heterocycles. The van der Waals surface area contributed by atoms with Gasteiger partial charge in [-0.15, -0.1) is 0 Å². The van der Waals surface area contributed by atoms with E-state index in [1.165, 1.54) is 0 Å². The Kier molecular flexibility index (Phi) is 4.09. The normalized spacial score (nSPS) is 12.6. The van der Waals surface area contributed by atoms with E-state index in [0.717, 1.165) is 15.6 Å². The number of hydrogen-bond acceptors (Lipinski definition) is 1. The molecule has 0 aliphatic carbocycles. The van der Waals surface area contributed by atoms with Crippen LogP contribution in [0.3, 0.4) is 0 Å². The van der Waals surface area contributed by atoms with Crippen molar-refractivity contribution in [1.82, 2.24) is 0 Å². The van der Waals surface area contributed by atoms with Crippen molar-refractivity contribution in [2.45, 2.75) is 13.0 Å². The average molecular weight is 294 g/mol. The van der Waals surface area contributed by atoms with Crippen LogP contribution in [0.25, 0.3) is 0 Å². The highest BCUT2D eigenvalue weighted by Crippen LogP contribution is 2.19. The Labute approximate surface area is 89.4 Å². The lowest BCUT2D eigenvalue weighted by Gasteiger charge is -2.11. The third-order valence-electron chi connectivity index (χ3n) is 1.35. The Morgan fingerprint density at radius 3 is 2.83 bits per heavy atom. The minimum atomic E-state index is 0.208. The van der Waals surface area contributed by atoms with Gasteiger partial charge in [0.25, 0.3) is 0 Å². The fourth-order valence-corrected chi connectivity index (χ4v) is 1.31. The lowest BCUT2D eigenvalue weighted by molar-refractivity contribution is 0.248. The van der Waals surface area contributed by atoms with Crippen molar-refractivity contribution in [2.75, 3.05) is 5.33 Å². The molecular formula is C9H10Br2O. The van der Waals surface area contributed by atoms with Gasteiger partial charge in [-0.25, -0.2) is 0 Å². The van der Waals surface area contributed by atoms with Crippen molar-refractivity contribution < 1.29 is 4.74 Å². The quantitative estimate of drug-likeness (QED) is 0.774. The van der Waals surface area contributed by atoms with Crippen LogP contribution in [0.4, 0.5) is 0 Å². The van der Waals surface area contributed by atoms with Gasteiger partial charge in [0.2, 0.25) is 0 Å². The molecule has 0 amide bonds. The molecule has 0 bridgehead atoms. The van der Waals surface area contributed by atoms with E-state index < -0.39 is 0 Å². The summed E-state index contributed by atoms with van der Waals surface area (Å²) in [6.07, 6.45) is 0.208. The maximum absolute atomic E-state index is 5.57. The number of benzene rings is 1. The van der Waals surface area contributed by atoms with Crippen LogP contribution in [-0.4, -0.2) is 11.4 Å². The first kappa shape index (κ1) is 10.1. The highest BCUT2D eigenvalue weighted by atomic mass is 79.9. The van der Waals surface area contributed by atoms with E-state index in [-0.39, 0.29) is 6.10 Å². The molecule has 0 spiro atoms. The Hall–Kier alpha value is -0.0200. The van der Waals surface area contributed by atoms with Gasteiger partial charge in [0.1, 0.15) is 11.9 Å². The second kappa shape index (κ2) is 4.87. The summed E-state index contributed by atoms with van der Waals surface area (Å²) in [5, 5.41) is 0.847. The third kappa shape index (κ3) is 3.15. The Morgan fingerprint density at radius 2 is 2.25 bits per heavy atom. The van der Waals surface area contributed by atoms with Crippen molar-refractivity contribution in [3.8, 4) is 5.75 Å². The molecule has 0 saturated carbocycles. The SMILES string of the molecule is C[C@H](CBr)Oc1cccc(Br)c1. The molecule has 0 aromatic heterocycles. The van der Waals surface area contributed by atoms with Gasteiger partial charge in [0.05, 0.1) is 0 Å². The van der Waals surface area contributed by atoms with Crippen LogP contribution in [0.5, 0.6) is 5.75 Å². The second-order valence-electron chi connectivity index (χ2n) is 2.54. The maximum Gasteiger partial charge on any atom is 0.120 e.